The fourth-order valence-electron chi connectivity index (χ4n) is 2.01. The smallest absolute Gasteiger partial charge is 0.326 e. The lowest BCUT2D eigenvalue weighted by molar-refractivity contribution is -0.141. The van der Waals surface area contributed by atoms with Gasteiger partial charge < -0.3 is 10.0 Å². The number of pyridine rings is 1. The molecule has 0 spiro atoms. The summed E-state index contributed by atoms with van der Waals surface area (Å²) in [5.41, 5.74) is 1.28. The van der Waals surface area contributed by atoms with Crippen LogP contribution in [-0.2, 0) is 4.79 Å². The molecule has 1 amide bonds. The van der Waals surface area contributed by atoms with E-state index in [9.17, 15) is 9.59 Å². The van der Waals surface area contributed by atoms with Crippen molar-refractivity contribution in [2.75, 3.05) is 6.54 Å². The summed E-state index contributed by atoms with van der Waals surface area (Å²) in [5, 5.41) is 9.01. The lowest BCUT2D eigenvalue weighted by Gasteiger charge is -2.20. The molecule has 1 saturated heterocycles. The molecule has 2 rings (SSSR count). The molecule has 17 heavy (non-hydrogen) atoms. The van der Waals surface area contributed by atoms with Crippen LogP contribution in [0.5, 0.6) is 0 Å². The molecular weight excluding hydrogens is 220 g/mol. The molecule has 90 valence electrons. The van der Waals surface area contributed by atoms with E-state index in [1.165, 1.54) is 4.90 Å². The number of carbonyl (C=O) groups is 2. The highest BCUT2D eigenvalue weighted by molar-refractivity contribution is 5.95. The van der Waals surface area contributed by atoms with Crippen molar-refractivity contribution in [1.29, 1.82) is 0 Å². The zero-order valence-corrected chi connectivity index (χ0v) is 9.59. The van der Waals surface area contributed by atoms with E-state index in [2.05, 4.69) is 4.98 Å². The van der Waals surface area contributed by atoms with Crippen LogP contribution in [0, 0.1) is 6.92 Å². The van der Waals surface area contributed by atoms with Gasteiger partial charge in [0, 0.05) is 12.7 Å². The van der Waals surface area contributed by atoms with E-state index in [4.69, 9.17) is 5.11 Å². The normalized spacial score (nSPS) is 19.4. The lowest BCUT2D eigenvalue weighted by Crippen LogP contribution is -2.40. The summed E-state index contributed by atoms with van der Waals surface area (Å²) in [6.07, 6.45) is 2.86. The Bertz CT molecular complexity index is 442. The Morgan fingerprint density at radius 2 is 2.24 bits per heavy atom. The first kappa shape index (κ1) is 11.6. The number of nitrogens with zero attached hydrogens (tertiary/aromatic N) is 2. The van der Waals surface area contributed by atoms with Gasteiger partial charge in [-0.1, -0.05) is 6.07 Å². The summed E-state index contributed by atoms with van der Waals surface area (Å²) in [4.78, 5) is 28.5. The summed E-state index contributed by atoms with van der Waals surface area (Å²) >= 11 is 0. The van der Waals surface area contributed by atoms with Crippen LogP contribution in [0.1, 0.15) is 28.9 Å². The maximum absolute atomic E-state index is 12.1. The molecule has 1 unspecified atom stereocenters. The van der Waals surface area contributed by atoms with Gasteiger partial charge in [0.25, 0.3) is 5.91 Å². The fourth-order valence-corrected chi connectivity index (χ4v) is 2.01. The lowest BCUT2D eigenvalue weighted by atomic mass is 10.2. The zero-order valence-electron chi connectivity index (χ0n) is 9.59. The number of hydrogen-bond acceptors (Lipinski definition) is 3. The van der Waals surface area contributed by atoms with Crippen molar-refractivity contribution >= 4 is 11.9 Å². The third-order valence-corrected chi connectivity index (χ3v) is 2.93. The molecule has 0 aromatic carbocycles. The van der Waals surface area contributed by atoms with Gasteiger partial charge in [-0.25, -0.2) is 4.79 Å². The number of rotatable bonds is 2. The summed E-state index contributed by atoms with van der Waals surface area (Å²) in [7, 11) is 0. The molecule has 0 radical (unpaired) electrons. The van der Waals surface area contributed by atoms with E-state index in [1.807, 2.05) is 6.92 Å². The molecule has 1 fully saturated rings. The predicted octanol–water partition coefficient (Wildman–Crippen LogP) is 1.08. The van der Waals surface area contributed by atoms with Gasteiger partial charge in [0.05, 0.1) is 0 Å². The molecule has 0 saturated carbocycles. The molecule has 1 aliphatic rings. The second kappa shape index (κ2) is 4.53. The van der Waals surface area contributed by atoms with Crippen LogP contribution in [-0.4, -0.2) is 39.5 Å². The van der Waals surface area contributed by atoms with Gasteiger partial charge in [-0.3, -0.25) is 9.78 Å². The van der Waals surface area contributed by atoms with E-state index in [1.54, 1.807) is 18.3 Å². The van der Waals surface area contributed by atoms with Crippen molar-refractivity contribution in [3.8, 4) is 0 Å². The third-order valence-electron chi connectivity index (χ3n) is 2.93. The molecule has 1 N–H and O–H groups in total. The van der Waals surface area contributed by atoms with Crippen molar-refractivity contribution < 1.29 is 14.7 Å². The summed E-state index contributed by atoms with van der Waals surface area (Å²) in [6, 6.07) is 2.73. The molecule has 1 atom stereocenters. The predicted molar refractivity (Wildman–Crippen MR) is 60.7 cm³/mol. The molecule has 0 aliphatic carbocycles. The Kier molecular flexibility index (Phi) is 3.08. The Labute approximate surface area is 99.1 Å². The van der Waals surface area contributed by atoms with Gasteiger partial charge in [-0.2, -0.15) is 0 Å². The van der Waals surface area contributed by atoms with E-state index < -0.39 is 12.0 Å². The largest absolute Gasteiger partial charge is 0.480 e. The quantitative estimate of drug-likeness (QED) is 0.831. The maximum Gasteiger partial charge on any atom is 0.326 e. The second-order valence-corrected chi connectivity index (χ2v) is 4.22. The molecule has 2 heterocycles. The maximum atomic E-state index is 12.1. The van der Waals surface area contributed by atoms with E-state index in [0.717, 1.165) is 12.0 Å². The van der Waals surface area contributed by atoms with Crippen LogP contribution in [0.25, 0.3) is 0 Å². The number of likely N-dealkylation sites (tertiary alicyclic amines) is 1. The minimum atomic E-state index is -0.942. The Hall–Kier alpha value is -1.91. The third kappa shape index (κ3) is 2.27. The van der Waals surface area contributed by atoms with Gasteiger partial charge >= 0.3 is 5.97 Å². The monoisotopic (exact) mass is 234 g/mol. The number of aliphatic carboxylic acids is 1. The number of carboxylic acid groups (broad SMARTS) is 1. The molecular formula is C12H14N2O3. The van der Waals surface area contributed by atoms with Crippen molar-refractivity contribution in [3.05, 3.63) is 29.6 Å². The van der Waals surface area contributed by atoms with Crippen LogP contribution < -0.4 is 0 Å². The first-order valence-electron chi connectivity index (χ1n) is 5.56. The topological polar surface area (TPSA) is 70.5 Å². The highest BCUT2D eigenvalue weighted by Gasteiger charge is 2.34. The Morgan fingerprint density at radius 3 is 2.82 bits per heavy atom. The van der Waals surface area contributed by atoms with Crippen molar-refractivity contribution in [3.63, 3.8) is 0 Å². The molecule has 1 aromatic heterocycles. The van der Waals surface area contributed by atoms with E-state index in [-0.39, 0.29) is 5.91 Å². The molecule has 0 bridgehead atoms. The van der Waals surface area contributed by atoms with Crippen molar-refractivity contribution in [1.82, 2.24) is 9.88 Å². The number of hydrogen-bond donors (Lipinski definition) is 1. The SMILES string of the molecule is Cc1ccc(C(=O)N2CCCC2C(=O)O)nc1. The standard InChI is InChI=1S/C12H14N2O3/c1-8-4-5-9(13-7-8)11(15)14-6-2-3-10(14)12(16)17/h4-5,7,10H,2-3,6H2,1H3,(H,16,17). The molecule has 5 heteroatoms. The van der Waals surface area contributed by atoms with Gasteiger partial charge in [0.2, 0.25) is 0 Å². The molecule has 5 nitrogen and oxygen atoms in total. The number of carboxylic acids is 1. The van der Waals surface area contributed by atoms with Gasteiger partial charge in [-0.15, -0.1) is 0 Å². The number of carbonyl (C=O) groups excluding carboxylic acids is 1. The Morgan fingerprint density at radius 1 is 1.47 bits per heavy atom. The van der Waals surface area contributed by atoms with Crippen LogP contribution in [0.2, 0.25) is 0 Å². The minimum absolute atomic E-state index is 0.296. The molecule has 1 aromatic rings. The van der Waals surface area contributed by atoms with Crippen LogP contribution in [0.4, 0.5) is 0 Å². The first-order valence-corrected chi connectivity index (χ1v) is 5.56. The highest BCUT2D eigenvalue weighted by Crippen LogP contribution is 2.19. The average Bonchev–Trinajstić information content (AvgIpc) is 2.78. The summed E-state index contributed by atoms with van der Waals surface area (Å²) in [5.74, 6) is -1.24. The second-order valence-electron chi connectivity index (χ2n) is 4.22. The summed E-state index contributed by atoms with van der Waals surface area (Å²) < 4.78 is 0. The van der Waals surface area contributed by atoms with Crippen LogP contribution in [0.3, 0.4) is 0 Å². The van der Waals surface area contributed by atoms with E-state index >= 15 is 0 Å². The summed E-state index contributed by atoms with van der Waals surface area (Å²) in [6.45, 7) is 2.38. The van der Waals surface area contributed by atoms with E-state index in [0.29, 0.717) is 18.7 Å². The van der Waals surface area contributed by atoms with Gasteiger partial charge in [0.1, 0.15) is 11.7 Å². The molecule has 1 aliphatic heterocycles. The van der Waals surface area contributed by atoms with Gasteiger partial charge in [-0.05, 0) is 31.4 Å². The average molecular weight is 234 g/mol. The Balaban J connectivity index is 2.19. The van der Waals surface area contributed by atoms with Crippen LogP contribution >= 0.6 is 0 Å². The zero-order chi connectivity index (χ0) is 12.4. The minimum Gasteiger partial charge on any atom is -0.480 e. The first-order chi connectivity index (χ1) is 8.09. The van der Waals surface area contributed by atoms with Gasteiger partial charge in [0.15, 0.2) is 0 Å². The van der Waals surface area contributed by atoms with Crippen LogP contribution in [0.15, 0.2) is 18.3 Å². The van der Waals surface area contributed by atoms with Crippen molar-refractivity contribution in [2.24, 2.45) is 0 Å². The number of aryl methyl sites for hydroxylation is 1. The highest BCUT2D eigenvalue weighted by atomic mass is 16.4. The van der Waals surface area contributed by atoms with Crippen molar-refractivity contribution in [2.45, 2.75) is 25.8 Å². The number of aromatic nitrogens is 1. The number of amides is 1. The fraction of sp³-hybridized carbons (Fsp3) is 0.417.